The predicted molar refractivity (Wildman–Crippen MR) is 96.4 cm³/mol. The number of nitrogens with two attached hydrogens (primary N) is 2. The molecule has 185 valence electrons. The number of carboxylic acids is 5. The summed E-state index contributed by atoms with van der Waals surface area (Å²) in [5.74, 6) is -5.42. The molecule has 13 N–H and O–H groups in total. The topological polar surface area (TPSA) is 338 Å². The number of carbonyl (C=O) groups is 5. The van der Waals surface area contributed by atoms with E-state index in [0.717, 1.165) is 47.7 Å². The molecule has 0 saturated heterocycles. The molecule has 30 heavy (non-hydrogen) atoms. The van der Waals surface area contributed by atoms with Crippen molar-refractivity contribution in [3.05, 3.63) is 0 Å². The number of hydrogen-bond donors (Lipinski definition) is 5. The zero-order chi connectivity index (χ0) is 23.4. The molecule has 15 nitrogen and oxygen atoms in total. The average molecular weight is 490 g/mol. The molecule has 0 atom stereocenters. The zero-order valence-electron chi connectivity index (χ0n) is 18.4. The van der Waals surface area contributed by atoms with E-state index in [4.69, 9.17) is 61.0 Å². The van der Waals surface area contributed by atoms with Crippen LogP contribution in [0.25, 0.3) is 0 Å². The SMILES string of the molecule is CC(=O)[O-].CC(=O)[O-].CC(=O)[O-].CC(=O)[O-].CC(=O)[O-].NCCNCCN.[Fe+3].[NH4+].[NH4+]. The summed E-state index contributed by atoms with van der Waals surface area (Å²) < 4.78 is 0. The molecule has 0 aromatic heterocycles. The van der Waals surface area contributed by atoms with Crippen molar-refractivity contribution in [1.82, 2.24) is 17.6 Å². The molecule has 0 bridgehead atoms. The van der Waals surface area contributed by atoms with E-state index in [2.05, 4.69) is 5.32 Å². The maximum atomic E-state index is 8.89. The van der Waals surface area contributed by atoms with Crippen LogP contribution in [0.4, 0.5) is 0 Å². The number of nitrogens with one attached hydrogen (secondary N) is 1. The van der Waals surface area contributed by atoms with Gasteiger partial charge in [-0.25, -0.2) is 0 Å². The van der Waals surface area contributed by atoms with Gasteiger partial charge in [-0.05, 0) is 34.6 Å². The minimum Gasteiger partial charge on any atom is -0.550 e. The second-order valence-corrected chi connectivity index (χ2v) is 3.79. The van der Waals surface area contributed by atoms with Crippen LogP contribution in [0.2, 0.25) is 0 Å². The third-order valence-electron chi connectivity index (χ3n) is 0.642. The summed E-state index contributed by atoms with van der Waals surface area (Å²) in [6, 6.07) is 0. The molecule has 0 aromatic rings. The molecule has 0 aliphatic rings. The van der Waals surface area contributed by atoms with E-state index in [1.54, 1.807) is 0 Å². The number of aliphatic carboxylic acids is 5. The molecule has 1 radical (unpaired) electrons. The second kappa shape index (κ2) is 56.3. The maximum Gasteiger partial charge on any atom is 3.00 e. The smallest absolute Gasteiger partial charge is 0.550 e. The molecule has 0 rings (SSSR count). The predicted octanol–water partition coefficient (Wildman–Crippen LogP) is -6.98. The number of rotatable bonds is 4. The summed E-state index contributed by atoms with van der Waals surface area (Å²) in [6.07, 6.45) is 0. The van der Waals surface area contributed by atoms with E-state index >= 15 is 0 Å². The van der Waals surface area contributed by atoms with Crippen molar-refractivity contribution >= 4 is 29.8 Å². The van der Waals surface area contributed by atoms with Crippen LogP contribution >= 0.6 is 0 Å². The fraction of sp³-hybridized carbons (Fsp3) is 0.643. The molecule has 0 amide bonds. The Balaban J connectivity index is -0.0000000251. The fourth-order valence-electron chi connectivity index (χ4n) is 0.329. The average Bonchev–Trinajstić information content (AvgIpc) is 2.35. The molecule has 0 aromatic carbocycles. The van der Waals surface area contributed by atoms with Crippen molar-refractivity contribution < 1.29 is 66.6 Å². The monoisotopic (exact) mass is 490 g/mol. The van der Waals surface area contributed by atoms with Gasteiger partial charge in [-0.1, -0.05) is 0 Å². The van der Waals surface area contributed by atoms with Gasteiger partial charge in [-0.2, -0.15) is 0 Å². The molecule has 0 unspecified atom stereocenters. The normalized spacial score (nSPS) is 6.37. The van der Waals surface area contributed by atoms with Crippen molar-refractivity contribution in [3.8, 4) is 0 Å². The number of quaternary nitrogens is 2. The van der Waals surface area contributed by atoms with Crippen LogP contribution in [0.5, 0.6) is 0 Å². The Morgan fingerprint density at radius 2 is 0.667 bits per heavy atom. The fourth-order valence-corrected chi connectivity index (χ4v) is 0.329. The van der Waals surface area contributed by atoms with Crippen LogP contribution < -0.4 is 54.6 Å². The summed E-state index contributed by atoms with van der Waals surface area (Å²) in [5.41, 5.74) is 10.3. The Labute approximate surface area is 186 Å². The molecule has 0 saturated carbocycles. The van der Waals surface area contributed by atoms with E-state index < -0.39 is 29.8 Å². The third-order valence-corrected chi connectivity index (χ3v) is 0.642. The first-order valence-electron chi connectivity index (χ1n) is 7.06. The van der Waals surface area contributed by atoms with E-state index in [-0.39, 0.29) is 29.4 Å². The van der Waals surface area contributed by atoms with Crippen molar-refractivity contribution in [2.24, 2.45) is 11.5 Å². The summed E-state index contributed by atoms with van der Waals surface area (Å²) >= 11 is 0. The minimum absolute atomic E-state index is 0. The van der Waals surface area contributed by atoms with Gasteiger partial charge in [0.05, 0.1) is 0 Å². The van der Waals surface area contributed by atoms with Gasteiger partial charge in [-0.3, -0.25) is 0 Å². The van der Waals surface area contributed by atoms with Crippen LogP contribution in [0.1, 0.15) is 34.6 Å². The summed E-state index contributed by atoms with van der Waals surface area (Å²) in [5, 5.41) is 47.5. The van der Waals surface area contributed by atoms with Crippen LogP contribution in [0, 0.1) is 0 Å². The first-order chi connectivity index (χ1) is 12.1. The van der Waals surface area contributed by atoms with Gasteiger partial charge in [-0.15, -0.1) is 0 Å². The van der Waals surface area contributed by atoms with Gasteiger partial charge in [0, 0.05) is 56.0 Å². The number of carboxylic acid groups (broad SMARTS) is 5. The van der Waals surface area contributed by atoms with Crippen LogP contribution in [0.15, 0.2) is 0 Å². The van der Waals surface area contributed by atoms with Crippen LogP contribution in [-0.2, 0) is 41.0 Å². The third kappa shape index (κ3) is 5600. The number of hydrogen-bond acceptors (Lipinski definition) is 13. The summed E-state index contributed by atoms with van der Waals surface area (Å²) in [6.45, 7) is 7.99. The van der Waals surface area contributed by atoms with E-state index in [0.29, 0.717) is 13.1 Å². The largest absolute Gasteiger partial charge is 3.00 e. The van der Waals surface area contributed by atoms with Crippen molar-refractivity contribution in [3.63, 3.8) is 0 Å². The quantitative estimate of drug-likeness (QED) is 0.181. The second-order valence-electron chi connectivity index (χ2n) is 3.79. The molecule has 16 heteroatoms. The molecular weight excluding hydrogens is 454 g/mol. The number of carbonyl (C=O) groups excluding carboxylic acids is 5. The van der Waals surface area contributed by atoms with E-state index in [9.17, 15) is 0 Å². The molecule has 0 heterocycles. The Kier molecular flexibility index (Phi) is 106. The molecule has 0 aliphatic carbocycles. The van der Waals surface area contributed by atoms with Crippen molar-refractivity contribution in [2.75, 3.05) is 26.2 Å². The summed E-state index contributed by atoms with van der Waals surface area (Å²) in [4.78, 5) is 44.4. The van der Waals surface area contributed by atoms with E-state index in [1.807, 2.05) is 0 Å². The van der Waals surface area contributed by atoms with Crippen LogP contribution in [-0.4, -0.2) is 56.0 Å². The first kappa shape index (κ1) is 56.5. The molecule has 0 spiro atoms. The van der Waals surface area contributed by atoms with Gasteiger partial charge in [0.2, 0.25) is 0 Å². The van der Waals surface area contributed by atoms with Gasteiger partial charge in [0.1, 0.15) is 0 Å². The zero-order valence-corrected chi connectivity index (χ0v) is 19.5. The molecular formula is C14H36FeN5O10. The van der Waals surface area contributed by atoms with Gasteiger partial charge in [0.25, 0.3) is 0 Å². The van der Waals surface area contributed by atoms with Gasteiger partial charge < -0.3 is 78.6 Å². The first-order valence-corrected chi connectivity index (χ1v) is 7.06. The van der Waals surface area contributed by atoms with Crippen molar-refractivity contribution in [1.29, 1.82) is 0 Å². The Morgan fingerprint density at radius 1 is 0.567 bits per heavy atom. The summed E-state index contributed by atoms with van der Waals surface area (Å²) in [7, 11) is 0. The van der Waals surface area contributed by atoms with E-state index in [1.165, 1.54) is 0 Å². The molecule has 0 aliphatic heterocycles. The Hall–Kier alpha value is -2.33. The van der Waals surface area contributed by atoms with Gasteiger partial charge in [0.15, 0.2) is 0 Å². The minimum atomic E-state index is -1.08. The van der Waals surface area contributed by atoms with Gasteiger partial charge >= 0.3 is 17.1 Å². The maximum absolute atomic E-state index is 8.89. The Bertz CT molecular complexity index is 294. The Morgan fingerprint density at radius 3 is 0.733 bits per heavy atom. The standard InChI is InChI=1S/C4H13N3.5C2H4O2.Fe.2H3N/c5-1-3-7-4-2-6;5*1-2(3)4;;;/h7H,1-6H2;5*1H3,(H,3,4);;2*1H3/q;;;;;;+3;;/p-3. The van der Waals surface area contributed by atoms with Crippen LogP contribution in [0.3, 0.4) is 0 Å². The molecule has 0 fully saturated rings. The van der Waals surface area contributed by atoms with Crippen molar-refractivity contribution in [2.45, 2.75) is 34.6 Å².